The lowest BCUT2D eigenvalue weighted by Gasteiger charge is -2.09. The minimum absolute atomic E-state index is 0.00947. The summed E-state index contributed by atoms with van der Waals surface area (Å²) in [5.41, 5.74) is 1.02. The van der Waals surface area contributed by atoms with E-state index < -0.39 is 0 Å². The Hall–Kier alpha value is -2.12. The number of hydrogen-bond acceptors (Lipinski definition) is 7. The monoisotopic (exact) mass is 315 g/mol. The number of aromatic nitrogens is 4. The van der Waals surface area contributed by atoms with Crippen molar-refractivity contribution in [3.63, 3.8) is 0 Å². The molecule has 1 atom stereocenters. The van der Waals surface area contributed by atoms with Gasteiger partial charge in [-0.2, -0.15) is 4.98 Å². The Kier molecular flexibility index (Phi) is 4.55. The number of rotatable bonds is 6. The molecule has 3 rings (SSSR count). The number of aryl methyl sites for hydroxylation is 1. The lowest BCUT2D eigenvalue weighted by Crippen LogP contribution is -2.18. The molecule has 114 valence electrons. The molecule has 1 N–H and O–H groups in total. The van der Waals surface area contributed by atoms with Crippen LogP contribution in [0.15, 0.2) is 34.4 Å². The van der Waals surface area contributed by atoms with Gasteiger partial charge in [0.15, 0.2) is 11.6 Å². The Bertz CT molecular complexity index is 708. The molecule has 3 aromatic rings. The van der Waals surface area contributed by atoms with E-state index in [1.54, 1.807) is 11.3 Å². The number of nitrogens with one attached hydrogen (secondary N) is 1. The summed E-state index contributed by atoms with van der Waals surface area (Å²) in [5, 5.41) is 9.25. The summed E-state index contributed by atoms with van der Waals surface area (Å²) in [5.74, 6) is 2.09. The van der Waals surface area contributed by atoms with E-state index in [4.69, 9.17) is 4.52 Å². The summed E-state index contributed by atoms with van der Waals surface area (Å²) >= 11 is 1.63. The Morgan fingerprint density at radius 2 is 2.14 bits per heavy atom. The smallest absolute Gasteiger partial charge is 0.243 e. The van der Waals surface area contributed by atoms with E-state index in [1.807, 2.05) is 43.8 Å². The van der Waals surface area contributed by atoms with Crippen molar-refractivity contribution in [1.29, 1.82) is 0 Å². The molecule has 0 aliphatic rings. The van der Waals surface area contributed by atoms with Crippen LogP contribution in [0.4, 0.5) is 0 Å². The molecule has 0 spiro atoms. The second-order valence-electron chi connectivity index (χ2n) is 4.90. The largest absolute Gasteiger partial charge is 0.338 e. The third-order valence-electron chi connectivity index (χ3n) is 3.23. The first-order chi connectivity index (χ1) is 10.8. The van der Waals surface area contributed by atoms with Crippen LogP contribution in [0, 0.1) is 0 Å². The molecular formula is C15H17N5OS. The molecule has 0 fully saturated rings. The van der Waals surface area contributed by atoms with E-state index in [2.05, 4.69) is 25.4 Å². The van der Waals surface area contributed by atoms with E-state index in [-0.39, 0.29) is 6.04 Å². The van der Waals surface area contributed by atoms with Crippen molar-refractivity contribution in [2.75, 3.05) is 0 Å². The Morgan fingerprint density at radius 3 is 2.77 bits per heavy atom. The van der Waals surface area contributed by atoms with Crippen LogP contribution in [0.2, 0.25) is 0 Å². The van der Waals surface area contributed by atoms with Gasteiger partial charge in [0.05, 0.1) is 10.9 Å². The van der Waals surface area contributed by atoms with Gasteiger partial charge in [-0.25, -0.2) is 9.97 Å². The van der Waals surface area contributed by atoms with Gasteiger partial charge in [-0.15, -0.1) is 11.3 Å². The van der Waals surface area contributed by atoms with Gasteiger partial charge >= 0.3 is 0 Å². The van der Waals surface area contributed by atoms with Crippen LogP contribution in [0.25, 0.3) is 10.7 Å². The van der Waals surface area contributed by atoms with Gasteiger partial charge in [-0.05, 0) is 18.4 Å². The lowest BCUT2D eigenvalue weighted by molar-refractivity contribution is 0.336. The second kappa shape index (κ2) is 6.76. The van der Waals surface area contributed by atoms with Gasteiger partial charge in [0.2, 0.25) is 5.89 Å². The quantitative estimate of drug-likeness (QED) is 0.753. The van der Waals surface area contributed by atoms with Crippen LogP contribution in [-0.4, -0.2) is 20.1 Å². The maximum atomic E-state index is 5.22. The van der Waals surface area contributed by atoms with E-state index in [0.717, 1.165) is 28.5 Å². The van der Waals surface area contributed by atoms with Gasteiger partial charge in [-0.1, -0.05) is 18.1 Å². The van der Waals surface area contributed by atoms with Gasteiger partial charge < -0.3 is 9.84 Å². The summed E-state index contributed by atoms with van der Waals surface area (Å²) in [6.45, 7) is 4.64. The Balaban J connectivity index is 1.59. The Morgan fingerprint density at radius 1 is 1.32 bits per heavy atom. The standard InChI is InChI=1S/C15H17N5OS/c1-3-13-19-15(21-20-13)10(2)16-7-11-8-17-14(18-9-11)12-5-4-6-22-12/h4-6,8-10,16H,3,7H2,1-2H3. The van der Waals surface area contributed by atoms with Gasteiger partial charge in [0.25, 0.3) is 0 Å². The average molecular weight is 315 g/mol. The minimum Gasteiger partial charge on any atom is -0.338 e. The summed E-state index contributed by atoms with van der Waals surface area (Å²) in [6, 6.07) is 4.00. The van der Waals surface area contributed by atoms with Crippen LogP contribution >= 0.6 is 11.3 Å². The molecule has 0 radical (unpaired) electrons. The molecule has 22 heavy (non-hydrogen) atoms. The molecule has 0 saturated carbocycles. The normalized spacial score (nSPS) is 12.5. The molecule has 3 heterocycles. The zero-order chi connectivity index (χ0) is 15.4. The third kappa shape index (κ3) is 3.37. The second-order valence-corrected chi connectivity index (χ2v) is 5.84. The molecule has 3 aromatic heterocycles. The molecule has 0 bridgehead atoms. The Labute approximate surface area is 132 Å². The summed E-state index contributed by atoms with van der Waals surface area (Å²) in [6.07, 6.45) is 4.45. The fourth-order valence-corrected chi connectivity index (χ4v) is 2.60. The van der Waals surface area contributed by atoms with E-state index >= 15 is 0 Å². The first kappa shape index (κ1) is 14.8. The molecule has 0 saturated heterocycles. The van der Waals surface area contributed by atoms with E-state index in [0.29, 0.717) is 12.4 Å². The fraction of sp³-hybridized carbons (Fsp3) is 0.333. The molecular weight excluding hydrogens is 298 g/mol. The fourth-order valence-electron chi connectivity index (χ4n) is 1.92. The van der Waals surface area contributed by atoms with Crippen molar-refractivity contribution < 1.29 is 4.52 Å². The highest BCUT2D eigenvalue weighted by Gasteiger charge is 2.13. The van der Waals surface area contributed by atoms with Crippen molar-refractivity contribution in [3.05, 3.63) is 47.2 Å². The molecule has 7 heteroatoms. The minimum atomic E-state index is -0.00947. The summed E-state index contributed by atoms with van der Waals surface area (Å²) < 4.78 is 5.22. The molecule has 0 aliphatic carbocycles. The lowest BCUT2D eigenvalue weighted by atomic mass is 10.3. The van der Waals surface area contributed by atoms with Crippen molar-refractivity contribution >= 4 is 11.3 Å². The van der Waals surface area contributed by atoms with Crippen LogP contribution in [-0.2, 0) is 13.0 Å². The van der Waals surface area contributed by atoms with Gasteiger partial charge in [-0.3, -0.25) is 0 Å². The zero-order valence-corrected chi connectivity index (χ0v) is 13.3. The topological polar surface area (TPSA) is 76.7 Å². The van der Waals surface area contributed by atoms with Crippen molar-refractivity contribution in [1.82, 2.24) is 25.4 Å². The van der Waals surface area contributed by atoms with Crippen LogP contribution < -0.4 is 5.32 Å². The maximum absolute atomic E-state index is 5.22. The molecule has 0 amide bonds. The first-order valence-electron chi connectivity index (χ1n) is 7.17. The van der Waals surface area contributed by atoms with E-state index in [9.17, 15) is 0 Å². The highest BCUT2D eigenvalue weighted by Crippen LogP contribution is 2.20. The van der Waals surface area contributed by atoms with Crippen LogP contribution in [0.5, 0.6) is 0 Å². The predicted octanol–water partition coefficient (Wildman–Crippen LogP) is 3.00. The molecule has 6 nitrogen and oxygen atoms in total. The third-order valence-corrected chi connectivity index (χ3v) is 4.10. The van der Waals surface area contributed by atoms with Crippen molar-refractivity contribution in [2.24, 2.45) is 0 Å². The van der Waals surface area contributed by atoms with E-state index in [1.165, 1.54) is 0 Å². The number of thiophene rings is 1. The highest BCUT2D eigenvalue weighted by atomic mass is 32.1. The highest BCUT2D eigenvalue weighted by molar-refractivity contribution is 7.13. The molecule has 0 aliphatic heterocycles. The number of hydrogen-bond donors (Lipinski definition) is 1. The molecule has 1 unspecified atom stereocenters. The SMILES string of the molecule is CCc1noc(C(C)NCc2cnc(-c3cccs3)nc2)n1. The summed E-state index contributed by atoms with van der Waals surface area (Å²) in [4.78, 5) is 14.2. The van der Waals surface area contributed by atoms with Gasteiger partial charge in [0.1, 0.15) is 0 Å². The first-order valence-corrected chi connectivity index (χ1v) is 8.05. The number of nitrogens with zero attached hydrogens (tertiary/aromatic N) is 4. The van der Waals surface area contributed by atoms with Crippen LogP contribution in [0.1, 0.15) is 37.2 Å². The predicted molar refractivity (Wildman–Crippen MR) is 84.3 cm³/mol. The zero-order valence-electron chi connectivity index (χ0n) is 12.5. The molecule has 0 aromatic carbocycles. The van der Waals surface area contributed by atoms with Crippen molar-refractivity contribution in [2.45, 2.75) is 32.9 Å². The van der Waals surface area contributed by atoms with Crippen LogP contribution in [0.3, 0.4) is 0 Å². The van der Waals surface area contributed by atoms with Gasteiger partial charge in [0, 0.05) is 30.9 Å². The average Bonchev–Trinajstić information content (AvgIpc) is 3.24. The summed E-state index contributed by atoms with van der Waals surface area (Å²) in [7, 11) is 0. The maximum Gasteiger partial charge on any atom is 0.243 e. The van der Waals surface area contributed by atoms with Crippen molar-refractivity contribution in [3.8, 4) is 10.7 Å².